The van der Waals surface area contributed by atoms with Gasteiger partial charge in [0.1, 0.15) is 5.76 Å². The lowest BCUT2D eigenvalue weighted by molar-refractivity contribution is -0.384. The van der Waals surface area contributed by atoms with Gasteiger partial charge in [-0.15, -0.1) is 0 Å². The van der Waals surface area contributed by atoms with E-state index < -0.39 is 16.3 Å². The molecule has 1 unspecified atom stereocenters. The first-order valence-electron chi connectivity index (χ1n) is 5.94. The SMILES string of the molecule is CC(Cc1ccco1)(C(=O)O)c1ccc([N+](=O)[O-])cc1. The van der Waals surface area contributed by atoms with Gasteiger partial charge < -0.3 is 9.52 Å². The Morgan fingerprint density at radius 2 is 2.00 bits per heavy atom. The van der Waals surface area contributed by atoms with Crippen LogP contribution < -0.4 is 0 Å². The number of non-ortho nitro benzene ring substituents is 1. The number of hydrogen-bond donors (Lipinski definition) is 1. The number of benzene rings is 1. The normalized spacial score (nSPS) is 13.7. The molecule has 1 aromatic carbocycles. The second-order valence-electron chi connectivity index (χ2n) is 4.70. The molecule has 2 aromatic rings. The van der Waals surface area contributed by atoms with Crippen molar-refractivity contribution in [1.29, 1.82) is 0 Å². The minimum atomic E-state index is -1.20. The number of carboxylic acid groups (broad SMARTS) is 1. The van der Waals surface area contributed by atoms with E-state index in [2.05, 4.69) is 0 Å². The van der Waals surface area contributed by atoms with Crippen molar-refractivity contribution in [1.82, 2.24) is 0 Å². The van der Waals surface area contributed by atoms with Crippen molar-refractivity contribution in [3.05, 3.63) is 64.1 Å². The lowest BCUT2D eigenvalue weighted by Crippen LogP contribution is -2.34. The van der Waals surface area contributed by atoms with Crippen molar-refractivity contribution >= 4 is 11.7 Å². The summed E-state index contributed by atoms with van der Waals surface area (Å²) in [5, 5.41) is 20.1. The average molecular weight is 275 g/mol. The minimum Gasteiger partial charge on any atom is -0.481 e. The zero-order valence-electron chi connectivity index (χ0n) is 10.8. The summed E-state index contributed by atoms with van der Waals surface area (Å²) < 4.78 is 5.19. The molecule has 0 amide bonds. The molecule has 2 rings (SSSR count). The Kier molecular flexibility index (Phi) is 3.56. The predicted molar refractivity (Wildman–Crippen MR) is 70.5 cm³/mol. The number of nitro benzene ring substituents is 1. The summed E-state index contributed by atoms with van der Waals surface area (Å²) in [4.78, 5) is 21.7. The molecule has 20 heavy (non-hydrogen) atoms. The molecular weight excluding hydrogens is 262 g/mol. The Labute approximate surface area is 114 Å². The van der Waals surface area contributed by atoms with Crippen LogP contribution in [0.1, 0.15) is 18.2 Å². The van der Waals surface area contributed by atoms with Crippen molar-refractivity contribution in [2.75, 3.05) is 0 Å². The first-order chi connectivity index (χ1) is 9.43. The maximum atomic E-state index is 11.6. The fraction of sp³-hybridized carbons (Fsp3) is 0.214. The molecule has 104 valence electrons. The zero-order valence-corrected chi connectivity index (χ0v) is 10.8. The largest absolute Gasteiger partial charge is 0.481 e. The molecule has 1 atom stereocenters. The third-order valence-corrected chi connectivity index (χ3v) is 3.30. The van der Waals surface area contributed by atoms with Crippen molar-refractivity contribution in [2.45, 2.75) is 18.8 Å². The van der Waals surface area contributed by atoms with Gasteiger partial charge in [0.25, 0.3) is 5.69 Å². The second-order valence-corrected chi connectivity index (χ2v) is 4.70. The van der Waals surface area contributed by atoms with Crippen LogP contribution in [0.3, 0.4) is 0 Å². The zero-order chi connectivity index (χ0) is 14.8. The molecule has 0 saturated carbocycles. The summed E-state index contributed by atoms with van der Waals surface area (Å²) >= 11 is 0. The van der Waals surface area contributed by atoms with E-state index in [1.165, 1.54) is 30.5 Å². The Balaban J connectivity index is 2.37. The molecule has 6 nitrogen and oxygen atoms in total. The Bertz CT molecular complexity index is 618. The highest BCUT2D eigenvalue weighted by Crippen LogP contribution is 2.30. The third-order valence-electron chi connectivity index (χ3n) is 3.30. The topological polar surface area (TPSA) is 93.6 Å². The summed E-state index contributed by atoms with van der Waals surface area (Å²) in [6, 6.07) is 8.93. The van der Waals surface area contributed by atoms with Gasteiger partial charge in [0, 0.05) is 18.6 Å². The van der Waals surface area contributed by atoms with Crippen molar-refractivity contribution in [2.24, 2.45) is 0 Å². The molecule has 0 aliphatic carbocycles. The van der Waals surface area contributed by atoms with Gasteiger partial charge in [0.05, 0.1) is 16.6 Å². The lowest BCUT2D eigenvalue weighted by Gasteiger charge is -2.24. The van der Waals surface area contributed by atoms with Crippen LogP contribution in [0.2, 0.25) is 0 Å². The van der Waals surface area contributed by atoms with Crippen LogP contribution in [-0.2, 0) is 16.6 Å². The molecular formula is C14H13NO5. The Hall–Kier alpha value is -2.63. The number of carbonyl (C=O) groups is 1. The molecule has 0 saturated heterocycles. The summed E-state index contributed by atoms with van der Waals surface area (Å²) in [5.74, 6) is -0.462. The average Bonchev–Trinajstić information content (AvgIpc) is 2.91. The second kappa shape index (κ2) is 5.16. The van der Waals surface area contributed by atoms with Crippen LogP contribution >= 0.6 is 0 Å². The molecule has 0 aliphatic rings. The summed E-state index contributed by atoms with van der Waals surface area (Å²) in [5.41, 5.74) is -0.779. The predicted octanol–water partition coefficient (Wildman–Crippen LogP) is 2.77. The quantitative estimate of drug-likeness (QED) is 0.668. The van der Waals surface area contributed by atoms with E-state index in [1.54, 1.807) is 19.1 Å². The summed E-state index contributed by atoms with van der Waals surface area (Å²) in [6.45, 7) is 1.57. The monoisotopic (exact) mass is 275 g/mol. The van der Waals surface area contributed by atoms with Crippen LogP contribution in [0, 0.1) is 10.1 Å². The van der Waals surface area contributed by atoms with Crippen LogP contribution in [-0.4, -0.2) is 16.0 Å². The van der Waals surface area contributed by atoms with E-state index in [1.807, 2.05) is 0 Å². The molecule has 0 bridgehead atoms. The number of nitro groups is 1. The highest BCUT2D eigenvalue weighted by Gasteiger charge is 2.36. The first kappa shape index (κ1) is 13.8. The van der Waals surface area contributed by atoms with E-state index in [4.69, 9.17) is 4.42 Å². The number of carboxylic acids is 1. The molecule has 1 N–H and O–H groups in total. The molecule has 0 aliphatic heterocycles. The van der Waals surface area contributed by atoms with Crippen molar-refractivity contribution < 1.29 is 19.2 Å². The van der Waals surface area contributed by atoms with Crippen molar-refractivity contribution in [3.63, 3.8) is 0 Å². The van der Waals surface area contributed by atoms with Gasteiger partial charge in [0.2, 0.25) is 0 Å². The van der Waals surface area contributed by atoms with E-state index in [0.717, 1.165) is 0 Å². The molecule has 6 heteroatoms. The van der Waals surface area contributed by atoms with Crippen molar-refractivity contribution in [3.8, 4) is 0 Å². The Morgan fingerprint density at radius 1 is 1.35 bits per heavy atom. The maximum absolute atomic E-state index is 11.6. The maximum Gasteiger partial charge on any atom is 0.314 e. The number of rotatable bonds is 5. The van der Waals surface area contributed by atoms with Gasteiger partial charge in [0.15, 0.2) is 0 Å². The standard InChI is InChI=1S/C14H13NO5/c1-14(13(16)17,9-12-3-2-8-20-12)10-4-6-11(7-5-10)15(18)19/h2-8H,9H2,1H3,(H,16,17). The van der Waals surface area contributed by atoms with E-state index in [-0.39, 0.29) is 12.1 Å². The van der Waals surface area contributed by atoms with Gasteiger partial charge >= 0.3 is 5.97 Å². The van der Waals surface area contributed by atoms with Gasteiger partial charge in [-0.1, -0.05) is 12.1 Å². The minimum absolute atomic E-state index is 0.0699. The van der Waals surface area contributed by atoms with Gasteiger partial charge in [-0.3, -0.25) is 14.9 Å². The highest BCUT2D eigenvalue weighted by molar-refractivity contribution is 5.81. The van der Waals surface area contributed by atoms with Gasteiger partial charge in [-0.25, -0.2) is 0 Å². The number of aliphatic carboxylic acids is 1. The molecule has 0 fully saturated rings. The van der Waals surface area contributed by atoms with E-state index >= 15 is 0 Å². The first-order valence-corrected chi connectivity index (χ1v) is 5.94. The summed E-state index contributed by atoms with van der Waals surface area (Å²) in [7, 11) is 0. The Morgan fingerprint density at radius 3 is 2.45 bits per heavy atom. The molecule has 0 spiro atoms. The third kappa shape index (κ3) is 2.54. The fourth-order valence-corrected chi connectivity index (χ4v) is 2.01. The van der Waals surface area contributed by atoms with E-state index in [0.29, 0.717) is 11.3 Å². The number of furan rings is 1. The lowest BCUT2D eigenvalue weighted by atomic mass is 9.79. The van der Waals surface area contributed by atoms with Crippen LogP contribution in [0.4, 0.5) is 5.69 Å². The number of hydrogen-bond acceptors (Lipinski definition) is 4. The van der Waals surface area contributed by atoms with Gasteiger partial charge in [-0.2, -0.15) is 0 Å². The van der Waals surface area contributed by atoms with E-state index in [9.17, 15) is 20.0 Å². The summed E-state index contributed by atoms with van der Waals surface area (Å²) in [6.07, 6.45) is 1.65. The van der Waals surface area contributed by atoms with Crippen LogP contribution in [0.5, 0.6) is 0 Å². The number of nitrogens with zero attached hydrogens (tertiary/aromatic N) is 1. The molecule has 1 aromatic heterocycles. The fourth-order valence-electron chi connectivity index (χ4n) is 2.01. The van der Waals surface area contributed by atoms with Crippen LogP contribution in [0.25, 0.3) is 0 Å². The van der Waals surface area contributed by atoms with Crippen LogP contribution in [0.15, 0.2) is 47.1 Å². The molecule has 0 radical (unpaired) electrons. The smallest absolute Gasteiger partial charge is 0.314 e. The van der Waals surface area contributed by atoms with Gasteiger partial charge in [-0.05, 0) is 24.6 Å². The molecule has 1 heterocycles. The highest BCUT2D eigenvalue weighted by atomic mass is 16.6.